The highest BCUT2D eigenvalue weighted by molar-refractivity contribution is 9.10. The quantitative estimate of drug-likeness (QED) is 0.258. The van der Waals surface area contributed by atoms with E-state index in [0.717, 1.165) is 24.8 Å². The predicted octanol–water partition coefficient (Wildman–Crippen LogP) is 4.95. The summed E-state index contributed by atoms with van der Waals surface area (Å²) in [5.41, 5.74) is 0.912. The molecule has 0 aliphatic carbocycles. The molecule has 9 nitrogen and oxygen atoms in total. The Balaban J connectivity index is 1.86. The Morgan fingerprint density at radius 2 is 1.70 bits per heavy atom. The van der Waals surface area contributed by atoms with E-state index in [9.17, 15) is 9.59 Å². The number of nitrogens with one attached hydrogen (secondary N) is 4. The van der Waals surface area contributed by atoms with Crippen LogP contribution in [0.5, 0.6) is 0 Å². The summed E-state index contributed by atoms with van der Waals surface area (Å²) >= 11 is 3.38. The maximum absolute atomic E-state index is 12.8. The number of carbonyl (C=O) groups excluding carboxylic acids is 2. The Bertz CT molecular complexity index is 962. The molecule has 2 aromatic rings. The molecule has 0 saturated carbocycles. The molecule has 2 rings (SSSR count). The van der Waals surface area contributed by atoms with Crippen LogP contribution in [-0.4, -0.2) is 47.7 Å². The van der Waals surface area contributed by atoms with Crippen molar-refractivity contribution in [1.29, 1.82) is 0 Å². The summed E-state index contributed by atoms with van der Waals surface area (Å²) in [6.45, 7) is 8.62. The molecule has 4 N–H and O–H groups in total. The first-order valence-electron chi connectivity index (χ1n) is 10.9. The standard InChI is InChI=1S/C23H33BrN6O3/c1-15-9-11-18(28-19(15)24)30-21(31)16-10-12-17(25-5)29-20(16)26-13-7-6-8-14-27-22(32)33-23(2,3)4/h9-12H,6-8,13-14H2,1-5H3,(H,27,32)(H2,25,26,29)(H,28,30,31). The summed E-state index contributed by atoms with van der Waals surface area (Å²) < 4.78 is 5.90. The van der Waals surface area contributed by atoms with Crippen LogP contribution in [0.4, 0.5) is 22.2 Å². The van der Waals surface area contributed by atoms with Crippen molar-refractivity contribution in [3.8, 4) is 0 Å². The number of rotatable bonds is 10. The summed E-state index contributed by atoms with van der Waals surface area (Å²) in [6.07, 6.45) is 2.18. The molecule has 0 bridgehead atoms. The van der Waals surface area contributed by atoms with Crippen molar-refractivity contribution in [2.45, 2.75) is 52.6 Å². The number of unbranched alkanes of at least 4 members (excludes halogenated alkanes) is 2. The van der Waals surface area contributed by atoms with Crippen LogP contribution in [0, 0.1) is 6.92 Å². The molecule has 2 heterocycles. The molecule has 0 fully saturated rings. The van der Waals surface area contributed by atoms with Gasteiger partial charge in [-0.05, 0) is 86.6 Å². The highest BCUT2D eigenvalue weighted by Crippen LogP contribution is 2.20. The monoisotopic (exact) mass is 520 g/mol. The van der Waals surface area contributed by atoms with Gasteiger partial charge in [-0.1, -0.05) is 6.07 Å². The molecule has 0 aromatic carbocycles. The van der Waals surface area contributed by atoms with Crippen molar-refractivity contribution in [2.75, 3.05) is 36.1 Å². The Hall–Kier alpha value is -2.88. The van der Waals surface area contributed by atoms with Gasteiger partial charge in [-0.3, -0.25) is 4.79 Å². The second-order valence-electron chi connectivity index (χ2n) is 8.52. The van der Waals surface area contributed by atoms with Crippen LogP contribution in [0.25, 0.3) is 0 Å². The van der Waals surface area contributed by atoms with Gasteiger partial charge in [0.2, 0.25) is 0 Å². The number of pyridine rings is 2. The average molecular weight is 521 g/mol. The fourth-order valence-corrected chi connectivity index (χ4v) is 3.13. The lowest BCUT2D eigenvalue weighted by Gasteiger charge is -2.19. The van der Waals surface area contributed by atoms with Crippen molar-refractivity contribution >= 4 is 45.4 Å². The normalized spacial score (nSPS) is 11.0. The van der Waals surface area contributed by atoms with Crippen LogP contribution < -0.4 is 21.3 Å². The van der Waals surface area contributed by atoms with E-state index in [-0.39, 0.29) is 5.91 Å². The number of nitrogens with zero attached hydrogens (tertiary/aromatic N) is 2. The van der Waals surface area contributed by atoms with E-state index in [1.807, 2.05) is 33.8 Å². The minimum atomic E-state index is -0.501. The van der Waals surface area contributed by atoms with Crippen LogP contribution in [0.1, 0.15) is 56.0 Å². The van der Waals surface area contributed by atoms with Crippen LogP contribution in [-0.2, 0) is 4.74 Å². The average Bonchev–Trinajstić information content (AvgIpc) is 2.74. The number of carbonyl (C=O) groups is 2. The van der Waals surface area contributed by atoms with Gasteiger partial charge < -0.3 is 26.0 Å². The molecule has 2 amide bonds. The molecule has 0 radical (unpaired) electrons. The number of amides is 2. The molecule has 0 atom stereocenters. The molecule has 33 heavy (non-hydrogen) atoms. The summed E-state index contributed by atoms with van der Waals surface area (Å²) in [7, 11) is 1.78. The van der Waals surface area contributed by atoms with Gasteiger partial charge in [-0.2, -0.15) is 0 Å². The zero-order valence-electron chi connectivity index (χ0n) is 19.8. The lowest BCUT2D eigenvalue weighted by atomic mass is 10.2. The van der Waals surface area contributed by atoms with E-state index < -0.39 is 11.7 Å². The number of hydrogen-bond donors (Lipinski definition) is 4. The maximum Gasteiger partial charge on any atom is 0.407 e. The van der Waals surface area contributed by atoms with Crippen LogP contribution in [0.15, 0.2) is 28.9 Å². The maximum atomic E-state index is 12.8. The SMILES string of the molecule is CNc1ccc(C(=O)Nc2ccc(C)c(Br)n2)c(NCCCCCNC(=O)OC(C)(C)C)n1. The van der Waals surface area contributed by atoms with Crippen LogP contribution >= 0.6 is 15.9 Å². The van der Waals surface area contributed by atoms with Crippen LogP contribution in [0.2, 0.25) is 0 Å². The first-order valence-corrected chi connectivity index (χ1v) is 11.7. The fourth-order valence-electron chi connectivity index (χ4n) is 2.81. The third-order valence-electron chi connectivity index (χ3n) is 4.49. The number of ether oxygens (including phenoxy) is 1. The van der Waals surface area contributed by atoms with E-state index in [1.54, 1.807) is 25.2 Å². The molecule has 180 valence electrons. The van der Waals surface area contributed by atoms with Gasteiger partial charge in [-0.25, -0.2) is 14.8 Å². The first-order chi connectivity index (χ1) is 15.6. The molecule has 0 unspecified atom stereocenters. The molecular formula is C23H33BrN6O3. The van der Waals surface area contributed by atoms with Gasteiger partial charge in [0.15, 0.2) is 0 Å². The Labute approximate surface area is 203 Å². The topological polar surface area (TPSA) is 117 Å². The number of aryl methyl sites for hydroxylation is 1. The van der Waals surface area contributed by atoms with Gasteiger partial charge in [0.25, 0.3) is 5.91 Å². The van der Waals surface area contributed by atoms with Crippen molar-refractivity contribution in [3.63, 3.8) is 0 Å². The summed E-state index contributed by atoms with van der Waals surface area (Å²) in [5, 5.41) is 11.8. The minimum Gasteiger partial charge on any atom is -0.444 e. The van der Waals surface area contributed by atoms with E-state index in [4.69, 9.17) is 4.74 Å². The van der Waals surface area contributed by atoms with Gasteiger partial charge in [0.1, 0.15) is 27.7 Å². The van der Waals surface area contributed by atoms with Gasteiger partial charge in [-0.15, -0.1) is 0 Å². The highest BCUT2D eigenvalue weighted by atomic mass is 79.9. The smallest absolute Gasteiger partial charge is 0.407 e. The van der Waals surface area contributed by atoms with Crippen molar-refractivity contribution in [1.82, 2.24) is 15.3 Å². The number of anilines is 3. The first kappa shape index (κ1) is 26.4. The fraction of sp³-hybridized carbons (Fsp3) is 0.478. The Kier molecular flexibility index (Phi) is 9.90. The van der Waals surface area contributed by atoms with Gasteiger partial charge in [0.05, 0.1) is 5.56 Å². The summed E-state index contributed by atoms with van der Waals surface area (Å²) in [5.74, 6) is 1.32. The molecular weight excluding hydrogens is 488 g/mol. The number of aromatic nitrogens is 2. The molecule has 2 aromatic heterocycles. The minimum absolute atomic E-state index is 0.294. The van der Waals surface area contributed by atoms with Gasteiger partial charge in [0, 0.05) is 20.1 Å². The zero-order valence-corrected chi connectivity index (χ0v) is 21.4. The lowest BCUT2D eigenvalue weighted by molar-refractivity contribution is 0.0527. The third-order valence-corrected chi connectivity index (χ3v) is 5.29. The zero-order chi connectivity index (χ0) is 24.4. The molecule has 0 saturated heterocycles. The van der Waals surface area contributed by atoms with E-state index in [2.05, 4.69) is 47.2 Å². The van der Waals surface area contributed by atoms with Gasteiger partial charge >= 0.3 is 6.09 Å². The molecule has 0 aliphatic rings. The van der Waals surface area contributed by atoms with Crippen molar-refractivity contribution < 1.29 is 14.3 Å². The lowest BCUT2D eigenvalue weighted by Crippen LogP contribution is -2.33. The van der Waals surface area contributed by atoms with E-state index in [1.165, 1.54) is 0 Å². The number of hydrogen-bond acceptors (Lipinski definition) is 7. The van der Waals surface area contributed by atoms with Crippen LogP contribution in [0.3, 0.4) is 0 Å². The van der Waals surface area contributed by atoms with E-state index in [0.29, 0.717) is 40.7 Å². The number of alkyl carbamates (subject to hydrolysis) is 1. The molecule has 10 heteroatoms. The predicted molar refractivity (Wildman–Crippen MR) is 135 cm³/mol. The molecule has 0 spiro atoms. The summed E-state index contributed by atoms with van der Waals surface area (Å²) in [4.78, 5) is 33.3. The summed E-state index contributed by atoms with van der Waals surface area (Å²) in [6, 6.07) is 7.11. The molecule has 0 aliphatic heterocycles. The van der Waals surface area contributed by atoms with E-state index >= 15 is 0 Å². The third kappa shape index (κ3) is 9.25. The number of halogens is 1. The highest BCUT2D eigenvalue weighted by Gasteiger charge is 2.16. The second kappa shape index (κ2) is 12.4. The Morgan fingerprint density at radius 1 is 1.00 bits per heavy atom. The van der Waals surface area contributed by atoms with Crippen molar-refractivity contribution in [3.05, 3.63) is 40.0 Å². The van der Waals surface area contributed by atoms with Crippen molar-refractivity contribution in [2.24, 2.45) is 0 Å². The largest absolute Gasteiger partial charge is 0.444 e. The second-order valence-corrected chi connectivity index (χ2v) is 9.27. The Morgan fingerprint density at radius 3 is 2.36 bits per heavy atom.